The standard InChI is InChI=1S/C34H35BrClNO4S/c1-24-10-6-7-17-37(24)21-28-19-31(36)33(20-32(28)40-22-25-11-8-15-29(18-25)42(2,38)39)41-23-27-14-9-16-30(34(27)35)26-12-4-3-5-13-26/h3-5,8-9,11-16,18-20,24H,6-7,10,17,21-23H2,1-2H3/t24-/m1/s1. The molecule has 220 valence electrons. The summed E-state index contributed by atoms with van der Waals surface area (Å²) in [6.07, 6.45) is 4.79. The van der Waals surface area contributed by atoms with Crippen molar-refractivity contribution in [3.05, 3.63) is 111 Å². The van der Waals surface area contributed by atoms with Crippen LogP contribution in [0.4, 0.5) is 0 Å². The number of hydrogen-bond acceptors (Lipinski definition) is 5. The number of ether oxygens (including phenoxy) is 2. The summed E-state index contributed by atoms with van der Waals surface area (Å²) in [5.74, 6) is 1.21. The average Bonchev–Trinajstić information content (AvgIpc) is 2.98. The van der Waals surface area contributed by atoms with E-state index in [-0.39, 0.29) is 11.5 Å². The fraction of sp³-hybridized carbons (Fsp3) is 0.294. The molecule has 1 aliphatic heterocycles. The predicted molar refractivity (Wildman–Crippen MR) is 173 cm³/mol. The van der Waals surface area contributed by atoms with Crippen molar-refractivity contribution in [2.75, 3.05) is 12.8 Å². The van der Waals surface area contributed by atoms with Crippen LogP contribution in [0.25, 0.3) is 11.1 Å². The summed E-state index contributed by atoms with van der Waals surface area (Å²) in [6.45, 7) is 4.54. The molecule has 5 nitrogen and oxygen atoms in total. The minimum atomic E-state index is -3.32. The van der Waals surface area contributed by atoms with Gasteiger partial charge in [-0.3, -0.25) is 4.90 Å². The molecule has 1 heterocycles. The fourth-order valence-corrected chi connectivity index (χ4v) is 6.81. The van der Waals surface area contributed by atoms with Crippen LogP contribution in [-0.2, 0) is 29.6 Å². The van der Waals surface area contributed by atoms with Gasteiger partial charge in [0.1, 0.15) is 24.7 Å². The van der Waals surface area contributed by atoms with Gasteiger partial charge in [0.15, 0.2) is 9.84 Å². The minimum Gasteiger partial charge on any atom is -0.488 e. The van der Waals surface area contributed by atoms with Gasteiger partial charge < -0.3 is 9.47 Å². The lowest BCUT2D eigenvalue weighted by Crippen LogP contribution is -2.36. The monoisotopic (exact) mass is 667 g/mol. The molecule has 4 aromatic rings. The zero-order valence-corrected chi connectivity index (χ0v) is 27.0. The third kappa shape index (κ3) is 7.56. The van der Waals surface area contributed by atoms with Crippen molar-refractivity contribution in [1.82, 2.24) is 4.90 Å². The Hall–Kier alpha value is -2.84. The smallest absolute Gasteiger partial charge is 0.175 e. The lowest BCUT2D eigenvalue weighted by atomic mass is 10.0. The Morgan fingerprint density at radius 3 is 2.40 bits per heavy atom. The van der Waals surface area contributed by atoms with Crippen molar-refractivity contribution in [1.29, 1.82) is 0 Å². The average molecular weight is 669 g/mol. The Labute approximate surface area is 262 Å². The molecule has 0 spiro atoms. The van der Waals surface area contributed by atoms with Crippen molar-refractivity contribution in [2.45, 2.75) is 56.9 Å². The van der Waals surface area contributed by atoms with Gasteiger partial charge >= 0.3 is 0 Å². The molecule has 0 aliphatic carbocycles. The molecule has 1 aliphatic rings. The molecule has 0 bridgehead atoms. The van der Waals surface area contributed by atoms with Gasteiger partial charge in [-0.25, -0.2) is 8.42 Å². The zero-order valence-electron chi connectivity index (χ0n) is 23.9. The van der Waals surface area contributed by atoms with Gasteiger partial charge in [0.2, 0.25) is 0 Å². The molecule has 0 aromatic heterocycles. The largest absolute Gasteiger partial charge is 0.488 e. The van der Waals surface area contributed by atoms with Crippen LogP contribution in [0.3, 0.4) is 0 Å². The first-order valence-electron chi connectivity index (χ1n) is 14.1. The first-order valence-corrected chi connectivity index (χ1v) is 17.2. The Morgan fingerprint density at radius 2 is 1.64 bits per heavy atom. The number of piperidine rings is 1. The highest BCUT2D eigenvalue weighted by Crippen LogP contribution is 2.37. The lowest BCUT2D eigenvalue weighted by Gasteiger charge is -2.33. The van der Waals surface area contributed by atoms with E-state index < -0.39 is 9.84 Å². The Bertz CT molecular complexity index is 1650. The van der Waals surface area contributed by atoms with Gasteiger partial charge in [0.25, 0.3) is 0 Å². The van der Waals surface area contributed by atoms with Gasteiger partial charge in [0, 0.05) is 40.5 Å². The Morgan fingerprint density at radius 1 is 0.881 bits per heavy atom. The number of halogens is 2. The third-order valence-corrected chi connectivity index (χ3v) is 10.0. The number of nitrogens with zero attached hydrogens (tertiary/aromatic N) is 1. The van der Waals surface area contributed by atoms with E-state index in [0.717, 1.165) is 38.8 Å². The van der Waals surface area contributed by atoms with Gasteiger partial charge in [-0.15, -0.1) is 0 Å². The van der Waals surface area contributed by atoms with E-state index >= 15 is 0 Å². The summed E-state index contributed by atoms with van der Waals surface area (Å²) >= 11 is 10.6. The molecule has 0 radical (unpaired) electrons. The van der Waals surface area contributed by atoms with E-state index in [9.17, 15) is 8.42 Å². The summed E-state index contributed by atoms with van der Waals surface area (Å²) in [5, 5.41) is 0.524. The molecular formula is C34H35BrClNO4S. The van der Waals surface area contributed by atoms with Crippen LogP contribution in [0.2, 0.25) is 5.02 Å². The summed E-state index contributed by atoms with van der Waals surface area (Å²) in [7, 11) is -3.32. The van der Waals surface area contributed by atoms with Gasteiger partial charge in [-0.2, -0.15) is 0 Å². The minimum absolute atomic E-state index is 0.220. The molecule has 1 atom stereocenters. The van der Waals surface area contributed by atoms with Crippen LogP contribution in [0, 0.1) is 0 Å². The second-order valence-corrected chi connectivity index (χ2v) is 14.1. The highest BCUT2D eigenvalue weighted by atomic mass is 79.9. The van der Waals surface area contributed by atoms with Crippen molar-refractivity contribution in [3.63, 3.8) is 0 Å². The summed E-state index contributed by atoms with van der Waals surface area (Å²) in [6, 6.07) is 27.5. The van der Waals surface area contributed by atoms with E-state index in [1.807, 2.05) is 48.5 Å². The van der Waals surface area contributed by atoms with Crippen molar-refractivity contribution < 1.29 is 17.9 Å². The first-order chi connectivity index (χ1) is 20.2. The zero-order chi connectivity index (χ0) is 29.7. The van der Waals surface area contributed by atoms with E-state index in [0.29, 0.717) is 35.7 Å². The quantitative estimate of drug-likeness (QED) is 0.169. The second kappa shape index (κ2) is 13.6. The summed E-state index contributed by atoms with van der Waals surface area (Å²) in [4.78, 5) is 2.73. The Balaban J connectivity index is 1.40. The van der Waals surface area contributed by atoms with E-state index in [4.69, 9.17) is 21.1 Å². The molecule has 1 saturated heterocycles. The van der Waals surface area contributed by atoms with Crippen molar-refractivity contribution in [3.8, 4) is 22.6 Å². The summed E-state index contributed by atoms with van der Waals surface area (Å²) in [5.41, 5.74) is 4.96. The number of hydrogen-bond donors (Lipinski definition) is 0. The molecule has 0 unspecified atom stereocenters. The highest BCUT2D eigenvalue weighted by Gasteiger charge is 2.21. The SMILES string of the molecule is C[C@@H]1CCCCN1Cc1cc(Cl)c(OCc2cccc(-c3ccccc3)c2Br)cc1OCc1cccc(S(C)(=O)=O)c1. The topological polar surface area (TPSA) is 55.8 Å². The van der Waals surface area contributed by atoms with Crippen LogP contribution in [-0.4, -0.2) is 32.2 Å². The van der Waals surface area contributed by atoms with Crippen LogP contribution in [0.15, 0.2) is 94.3 Å². The maximum absolute atomic E-state index is 12.1. The molecule has 0 saturated carbocycles. The fourth-order valence-electron chi connectivity index (χ4n) is 5.27. The summed E-state index contributed by atoms with van der Waals surface area (Å²) < 4.78 is 37.8. The number of likely N-dealkylation sites (tertiary alicyclic amines) is 1. The van der Waals surface area contributed by atoms with Crippen LogP contribution in [0.1, 0.15) is 42.9 Å². The van der Waals surface area contributed by atoms with Crippen molar-refractivity contribution in [2.24, 2.45) is 0 Å². The van der Waals surface area contributed by atoms with Gasteiger partial charge in [0.05, 0.1) is 9.92 Å². The highest BCUT2D eigenvalue weighted by molar-refractivity contribution is 9.10. The maximum Gasteiger partial charge on any atom is 0.175 e. The van der Waals surface area contributed by atoms with E-state index in [2.05, 4.69) is 46.0 Å². The van der Waals surface area contributed by atoms with Crippen molar-refractivity contribution >= 4 is 37.4 Å². The normalized spacial score (nSPS) is 15.9. The third-order valence-electron chi connectivity index (χ3n) is 7.70. The number of benzene rings is 4. The Kier molecular flexibility index (Phi) is 9.94. The molecule has 42 heavy (non-hydrogen) atoms. The second-order valence-electron chi connectivity index (χ2n) is 10.8. The van der Waals surface area contributed by atoms with Gasteiger partial charge in [-0.05, 0) is 77.1 Å². The van der Waals surface area contributed by atoms with E-state index in [1.165, 1.54) is 25.5 Å². The molecule has 5 rings (SSSR count). The molecule has 0 N–H and O–H groups in total. The number of rotatable bonds is 10. The van der Waals surface area contributed by atoms with Crippen LogP contribution >= 0.6 is 27.5 Å². The first kappa shape index (κ1) is 30.6. The maximum atomic E-state index is 12.1. The number of sulfone groups is 1. The molecule has 8 heteroatoms. The predicted octanol–water partition coefficient (Wildman–Crippen LogP) is 8.71. The van der Waals surface area contributed by atoms with E-state index in [1.54, 1.807) is 18.2 Å². The van der Waals surface area contributed by atoms with Gasteiger partial charge in [-0.1, -0.05) is 78.7 Å². The molecule has 0 amide bonds. The van der Waals surface area contributed by atoms with Crippen LogP contribution < -0.4 is 9.47 Å². The molecular weight excluding hydrogens is 634 g/mol. The lowest BCUT2D eigenvalue weighted by molar-refractivity contribution is 0.150. The van der Waals surface area contributed by atoms with Crippen LogP contribution in [0.5, 0.6) is 11.5 Å². The molecule has 4 aromatic carbocycles. The molecule has 1 fully saturated rings.